The van der Waals surface area contributed by atoms with Crippen LogP contribution in [-0.4, -0.2) is 73.8 Å². The normalized spacial score (nSPS) is 29.6. The highest BCUT2D eigenvalue weighted by molar-refractivity contribution is 5.86. The summed E-state index contributed by atoms with van der Waals surface area (Å²) >= 11 is 0. The summed E-state index contributed by atoms with van der Waals surface area (Å²) in [5.74, 6) is -0.563. The predicted molar refractivity (Wildman–Crippen MR) is 65.8 cm³/mol. The fourth-order valence-electron chi connectivity index (χ4n) is 2.16. The molecule has 0 radical (unpaired) electrons. The van der Waals surface area contributed by atoms with Crippen LogP contribution >= 0.6 is 0 Å². The molecular weight excluding hydrogens is 268 g/mol. The van der Waals surface area contributed by atoms with Gasteiger partial charge in [-0.3, -0.25) is 0 Å². The second-order valence-corrected chi connectivity index (χ2v) is 4.59. The van der Waals surface area contributed by atoms with Gasteiger partial charge in [0.1, 0.15) is 0 Å². The number of esters is 1. The van der Waals surface area contributed by atoms with Crippen LogP contribution in [0.15, 0.2) is 6.20 Å². The Kier molecular flexibility index (Phi) is 4.65. The summed E-state index contributed by atoms with van der Waals surface area (Å²) in [5.41, 5.74) is 0.0820. The first-order valence-corrected chi connectivity index (χ1v) is 6.37. The van der Waals surface area contributed by atoms with Crippen LogP contribution in [0.3, 0.4) is 0 Å². The largest absolute Gasteiger partial charge is 0.461 e. The summed E-state index contributed by atoms with van der Waals surface area (Å²) in [5, 5.41) is 38.9. The van der Waals surface area contributed by atoms with Crippen molar-refractivity contribution in [3.63, 3.8) is 0 Å². The highest BCUT2D eigenvalue weighted by Crippen LogP contribution is 2.15. The first kappa shape index (κ1) is 14.9. The van der Waals surface area contributed by atoms with Gasteiger partial charge in [0.2, 0.25) is 0 Å². The molecule has 1 aliphatic heterocycles. The molecular formula is C11H18N4O5. The van der Waals surface area contributed by atoms with Crippen LogP contribution in [0, 0.1) is 0 Å². The lowest BCUT2D eigenvalue weighted by molar-refractivity contribution is 0.0175. The molecule has 0 spiro atoms. The van der Waals surface area contributed by atoms with Gasteiger partial charge in [-0.2, -0.15) is 0 Å². The number of aromatic nitrogens is 3. The molecule has 0 saturated carbocycles. The van der Waals surface area contributed by atoms with Gasteiger partial charge in [0.05, 0.1) is 50.2 Å². The number of nitrogens with zero attached hydrogens (tertiary/aromatic N) is 3. The number of rotatable bonds is 5. The smallest absolute Gasteiger partial charge is 0.360 e. The molecule has 112 valence electrons. The van der Waals surface area contributed by atoms with Gasteiger partial charge in [-0.1, -0.05) is 5.21 Å². The van der Waals surface area contributed by atoms with Crippen LogP contribution in [0.25, 0.3) is 0 Å². The van der Waals surface area contributed by atoms with E-state index in [4.69, 9.17) is 9.84 Å². The first-order valence-electron chi connectivity index (χ1n) is 6.37. The van der Waals surface area contributed by atoms with Gasteiger partial charge < -0.3 is 25.4 Å². The molecule has 0 amide bonds. The molecule has 1 aliphatic rings. The summed E-state index contributed by atoms with van der Waals surface area (Å²) in [6, 6.07) is -1.07. The SMILES string of the molecule is CCOC(=O)c1cn(C[C@H]2N[C@H](CO)[C@@H](O)[C@@H]2O)nn1. The van der Waals surface area contributed by atoms with Crippen LogP contribution < -0.4 is 5.32 Å². The maximum Gasteiger partial charge on any atom is 0.360 e. The molecule has 4 N–H and O–H groups in total. The molecule has 1 aromatic heterocycles. The molecule has 1 saturated heterocycles. The minimum atomic E-state index is -1.04. The molecule has 20 heavy (non-hydrogen) atoms. The maximum atomic E-state index is 11.4. The van der Waals surface area contributed by atoms with Crippen molar-refractivity contribution in [3.8, 4) is 0 Å². The lowest BCUT2D eigenvalue weighted by atomic mass is 10.1. The van der Waals surface area contributed by atoms with Gasteiger partial charge in [0.25, 0.3) is 0 Å². The lowest BCUT2D eigenvalue weighted by Gasteiger charge is -2.15. The Morgan fingerprint density at radius 1 is 1.45 bits per heavy atom. The van der Waals surface area contributed by atoms with E-state index in [2.05, 4.69) is 15.6 Å². The fraction of sp³-hybridized carbons (Fsp3) is 0.727. The van der Waals surface area contributed by atoms with Crippen LogP contribution in [0.1, 0.15) is 17.4 Å². The summed E-state index contributed by atoms with van der Waals surface area (Å²) < 4.78 is 6.17. The van der Waals surface area contributed by atoms with E-state index in [0.717, 1.165) is 0 Å². The van der Waals surface area contributed by atoms with Crippen molar-refractivity contribution in [1.29, 1.82) is 0 Å². The van der Waals surface area contributed by atoms with Crippen LogP contribution in [0.2, 0.25) is 0 Å². The molecule has 0 unspecified atom stereocenters. The minimum Gasteiger partial charge on any atom is -0.461 e. The minimum absolute atomic E-state index is 0.0820. The Morgan fingerprint density at radius 3 is 2.75 bits per heavy atom. The third-order valence-electron chi connectivity index (χ3n) is 3.21. The lowest BCUT2D eigenvalue weighted by Crippen LogP contribution is -2.38. The van der Waals surface area contributed by atoms with Crippen LogP contribution in [-0.2, 0) is 11.3 Å². The van der Waals surface area contributed by atoms with Crippen molar-refractivity contribution < 1.29 is 24.9 Å². The molecule has 9 nitrogen and oxygen atoms in total. The number of carbonyl (C=O) groups excluding carboxylic acids is 1. The van der Waals surface area contributed by atoms with Gasteiger partial charge in [0, 0.05) is 0 Å². The molecule has 9 heteroatoms. The number of nitrogens with one attached hydrogen (secondary N) is 1. The van der Waals surface area contributed by atoms with Crippen molar-refractivity contribution in [2.24, 2.45) is 0 Å². The molecule has 1 aromatic rings. The molecule has 0 aromatic carbocycles. The predicted octanol–water partition coefficient (Wildman–Crippen LogP) is -2.49. The highest BCUT2D eigenvalue weighted by Gasteiger charge is 2.40. The summed E-state index contributed by atoms with van der Waals surface area (Å²) in [6.07, 6.45) is -0.661. The van der Waals surface area contributed by atoms with Crippen molar-refractivity contribution in [1.82, 2.24) is 20.3 Å². The summed E-state index contributed by atoms with van der Waals surface area (Å²) in [7, 11) is 0. The highest BCUT2D eigenvalue weighted by atomic mass is 16.5. The number of hydrogen-bond donors (Lipinski definition) is 4. The molecule has 0 bridgehead atoms. The van der Waals surface area contributed by atoms with E-state index in [1.165, 1.54) is 10.9 Å². The van der Waals surface area contributed by atoms with Crippen molar-refractivity contribution in [3.05, 3.63) is 11.9 Å². The van der Waals surface area contributed by atoms with Gasteiger partial charge in [-0.25, -0.2) is 9.48 Å². The van der Waals surface area contributed by atoms with Crippen molar-refractivity contribution in [2.75, 3.05) is 13.2 Å². The number of hydrogen-bond acceptors (Lipinski definition) is 8. The zero-order valence-corrected chi connectivity index (χ0v) is 11.0. The average molecular weight is 286 g/mol. The van der Waals surface area contributed by atoms with Crippen LogP contribution in [0.5, 0.6) is 0 Å². The average Bonchev–Trinajstić information content (AvgIpc) is 3.00. The molecule has 4 atom stereocenters. The van der Waals surface area contributed by atoms with Crippen molar-refractivity contribution >= 4 is 5.97 Å². The quantitative estimate of drug-likeness (QED) is 0.437. The zero-order chi connectivity index (χ0) is 14.7. The monoisotopic (exact) mass is 286 g/mol. The van der Waals surface area contributed by atoms with Crippen LogP contribution in [0.4, 0.5) is 0 Å². The summed E-state index contributed by atoms with van der Waals surface area (Å²) in [4.78, 5) is 11.4. The zero-order valence-electron chi connectivity index (χ0n) is 11.0. The number of aliphatic hydroxyl groups excluding tert-OH is 3. The standard InChI is InChI=1S/C11H18N4O5/c1-2-20-11(19)7-4-15(14-13-7)3-6-9(17)10(18)8(5-16)12-6/h4,6,8-10,12,16-18H,2-3,5H2,1H3/t6-,8-,9-,10-/m1/s1. The maximum absolute atomic E-state index is 11.4. The second-order valence-electron chi connectivity index (χ2n) is 4.59. The third kappa shape index (κ3) is 2.96. The van der Waals surface area contributed by atoms with Gasteiger partial charge in [0.15, 0.2) is 5.69 Å². The first-order chi connectivity index (χ1) is 9.56. The third-order valence-corrected chi connectivity index (χ3v) is 3.21. The molecule has 0 aliphatic carbocycles. The van der Waals surface area contributed by atoms with E-state index < -0.39 is 30.3 Å². The van der Waals surface area contributed by atoms with E-state index in [1.54, 1.807) is 6.92 Å². The second kappa shape index (κ2) is 6.27. The number of ether oxygens (including phenoxy) is 1. The van der Waals surface area contributed by atoms with Gasteiger partial charge in [-0.15, -0.1) is 5.10 Å². The number of aliphatic hydroxyl groups is 3. The van der Waals surface area contributed by atoms with E-state index in [-0.39, 0.29) is 25.5 Å². The van der Waals surface area contributed by atoms with E-state index in [9.17, 15) is 15.0 Å². The van der Waals surface area contributed by atoms with Gasteiger partial charge >= 0.3 is 5.97 Å². The summed E-state index contributed by atoms with van der Waals surface area (Å²) in [6.45, 7) is 1.87. The van der Waals surface area contributed by atoms with E-state index in [1.807, 2.05) is 0 Å². The fourth-order valence-corrected chi connectivity index (χ4v) is 2.16. The molecule has 2 rings (SSSR count). The van der Waals surface area contributed by atoms with Gasteiger partial charge in [-0.05, 0) is 6.92 Å². The molecule has 1 fully saturated rings. The topological polar surface area (TPSA) is 130 Å². The van der Waals surface area contributed by atoms with E-state index >= 15 is 0 Å². The Balaban J connectivity index is 1.99. The Bertz CT molecular complexity index is 465. The van der Waals surface area contributed by atoms with Crippen molar-refractivity contribution in [2.45, 2.75) is 37.8 Å². The molecule has 2 heterocycles. The Labute approximate surface area is 115 Å². The Morgan fingerprint density at radius 2 is 2.15 bits per heavy atom. The van der Waals surface area contributed by atoms with E-state index in [0.29, 0.717) is 0 Å². The number of carbonyl (C=O) groups is 1. The Hall–Kier alpha value is -1.55.